The van der Waals surface area contributed by atoms with Crippen LogP contribution in [0.4, 0.5) is 0 Å². The Morgan fingerprint density at radius 3 is 2.32 bits per heavy atom. The molecule has 0 radical (unpaired) electrons. The molecule has 0 aromatic heterocycles. The molecule has 0 aliphatic carbocycles. The lowest BCUT2D eigenvalue weighted by atomic mass is 10.1. The van der Waals surface area contributed by atoms with Crippen LogP contribution in [-0.2, 0) is 17.9 Å². The van der Waals surface area contributed by atoms with E-state index in [2.05, 4.69) is 0 Å². The first-order valence-electron chi connectivity index (χ1n) is 8.95. The summed E-state index contributed by atoms with van der Waals surface area (Å²) >= 11 is 12.0. The third-order valence-corrected chi connectivity index (χ3v) is 5.36. The molecule has 1 amide bonds. The van der Waals surface area contributed by atoms with Crippen LogP contribution in [0.25, 0.3) is 0 Å². The summed E-state index contributed by atoms with van der Waals surface area (Å²) in [6, 6.07) is 9.39. The predicted octanol–water partition coefficient (Wildman–Crippen LogP) is 2.99. The second-order valence-electron chi connectivity index (χ2n) is 6.94. The monoisotopic (exact) mass is 425 g/mol. The summed E-state index contributed by atoms with van der Waals surface area (Å²) in [6.07, 6.45) is 0. The molecule has 5 nitrogen and oxygen atoms in total. The van der Waals surface area contributed by atoms with Crippen molar-refractivity contribution in [2.24, 2.45) is 0 Å². The minimum Gasteiger partial charge on any atom is -0.493 e. The van der Waals surface area contributed by atoms with Gasteiger partial charge in [-0.2, -0.15) is 0 Å². The third kappa shape index (κ3) is 5.77. The number of aryl methyl sites for hydroxylation is 1. The number of methoxy groups -OCH3 is 2. The van der Waals surface area contributed by atoms with Crippen molar-refractivity contribution in [3.63, 3.8) is 0 Å². The van der Waals surface area contributed by atoms with Gasteiger partial charge in [0.05, 0.1) is 31.3 Å². The largest absolute Gasteiger partial charge is 0.493 e. The van der Waals surface area contributed by atoms with E-state index in [0.29, 0.717) is 41.2 Å². The summed E-state index contributed by atoms with van der Waals surface area (Å²) in [5, 5.41) is 1.06. The van der Waals surface area contributed by atoms with Crippen LogP contribution in [0.5, 0.6) is 11.5 Å². The molecular weight excluding hydrogens is 399 g/mol. The number of likely N-dealkylation sites (N-methyl/N-ethyl adjacent to an activating group) is 2. The minimum absolute atomic E-state index is 0.0618. The number of nitrogens with one attached hydrogen (secondary N) is 1. The van der Waals surface area contributed by atoms with Crippen LogP contribution >= 0.6 is 23.2 Å². The number of hydrogen-bond acceptors (Lipinski definition) is 3. The first-order chi connectivity index (χ1) is 13.2. The SMILES string of the molecule is COc1cc(C)c(CN(C)C(=O)C[NH+](C)Cc2ccc(Cl)c(Cl)c2)cc1OC. The average molecular weight is 426 g/mol. The van der Waals surface area contributed by atoms with Crippen LogP contribution in [0.3, 0.4) is 0 Å². The second-order valence-corrected chi connectivity index (χ2v) is 7.76. The van der Waals surface area contributed by atoms with E-state index in [0.717, 1.165) is 21.6 Å². The number of amides is 1. The molecule has 2 rings (SSSR count). The van der Waals surface area contributed by atoms with Gasteiger partial charge >= 0.3 is 0 Å². The lowest BCUT2D eigenvalue weighted by Gasteiger charge is -2.22. The van der Waals surface area contributed by atoms with Gasteiger partial charge in [-0.3, -0.25) is 4.79 Å². The Labute approximate surface area is 176 Å². The Morgan fingerprint density at radius 2 is 1.71 bits per heavy atom. The summed E-state index contributed by atoms with van der Waals surface area (Å²) in [4.78, 5) is 15.5. The van der Waals surface area contributed by atoms with Gasteiger partial charge in [0, 0.05) is 19.2 Å². The van der Waals surface area contributed by atoms with Crippen molar-refractivity contribution < 1.29 is 19.2 Å². The van der Waals surface area contributed by atoms with Crippen molar-refractivity contribution in [1.82, 2.24) is 4.90 Å². The number of halogens is 2. The Bertz CT molecular complexity index is 843. The highest BCUT2D eigenvalue weighted by atomic mass is 35.5. The van der Waals surface area contributed by atoms with Gasteiger partial charge in [0.25, 0.3) is 5.91 Å². The van der Waals surface area contributed by atoms with Crippen molar-refractivity contribution in [3.05, 3.63) is 57.1 Å². The topological polar surface area (TPSA) is 43.2 Å². The van der Waals surface area contributed by atoms with E-state index in [1.165, 1.54) is 0 Å². The fourth-order valence-electron chi connectivity index (χ4n) is 2.99. The molecule has 1 unspecified atom stereocenters. The first-order valence-corrected chi connectivity index (χ1v) is 9.71. The van der Waals surface area contributed by atoms with Gasteiger partial charge in [-0.25, -0.2) is 0 Å². The van der Waals surface area contributed by atoms with Gasteiger partial charge < -0.3 is 19.3 Å². The highest BCUT2D eigenvalue weighted by Crippen LogP contribution is 2.30. The molecule has 2 aromatic rings. The summed E-state index contributed by atoms with van der Waals surface area (Å²) in [5.41, 5.74) is 3.11. The predicted molar refractivity (Wildman–Crippen MR) is 113 cm³/mol. The molecule has 0 aliphatic rings. The fourth-order valence-corrected chi connectivity index (χ4v) is 3.31. The van der Waals surface area contributed by atoms with Crippen LogP contribution in [0.1, 0.15) is 16.7 Å². The van der Waals surface area contributed by atoms with Crippen molar-refractivity contribution in [3.8, 4) is 11.5 Å². The molecule has 2 aromatic carbocycles. The fraction of sp³-hybridized carbons (Fsp3) is 0.381. The molecule has 1 N–H and O–H groups in total. The molecule has 0 bridgehead atoms. The van der Waals surface area contributed by atoms with E-state index in [4.69, 9.17) is 32.7 Å². The maximum atomic E-state index is 12.7. The van der Waals surface area contributed by atoms with Crippen molar-refractivity contribution in [2.75, 3.05) is 34.9 Å². The number of ether oxygens (including phenoxy) is 2. The van der Waals surface area contributed by atoms with E-state index < -0.39 is 0 Å². The molecule has 0 saturated carbocycles. The Hall–Kier alpha value is -1.95. The Balaban J connectivity index is 1.99. The molecule has 0 aliphatic heterocycles. The summed E-state index contributed by atoms with van der Waals surface area (Å²) in [6.45, 7) is 3.57. The number of benzene rings is 2. The highest BCUT2D eigenvalue weighted by molar-refractivity contribution is 6.42. The molecule has 7 heteroatoms. The number of hydrogen-bond donors (Lipinski definition) is 1. The van der Waals surface area contributed by atoms with Crippen molar-refractivity contribution >= 4 is 29.1 Å². The summed E-state index contributed by atoms with van der Waals surface area (Å²) in [5.74, 6) is 1.40. The van der Waals surface area contributed by atoms with E-state index in [1.54, 1.807) is 25.2 Å². The van der Waals surface area contributed by atoms with Crippen LogP contribution in [-0.4, -0.2) is 45.7 Å². The van der Waals surface area contributed by atoms with Gasteiger partial charge in [0.1, 0.15) is 6.54 Å². The summed E-state index contributed by atoms with van der Waals surface area (Å²) < 4.78 is 10.7. The number of carbonyl (C=O) groups is 1. The molecule has 0 fully saturated rings. The van der Waals surface area contributed by atoms with E-state index in [1.807, 2.05) is 45.3 Å². The number of carbonyl (C=O) groups excluding carboxylic acids is 1. The smallest absolute Gasteiger partial charge is 0.277 e. The molecule has 0 spiro atoms. The zero-order valence-corrected chi connectivity index (χ0v) is 18.4. The standard InChI is InChI=1S/C21H26Cl2N2O3/c1-14-8-19(27-4)20(28-5)10-16(14)12-25(3)21(26)13-24(2)11-15-6-7-17(22)18(23)9-15/h6-10H,11-13H2,1-5H3/p+1. The average Bonchev–Trinajstić information content (AvgIpc) is 2.65. The lowest BCUT2D eigenvalue weighted by Crippen LogP contribution is -3.08. The summed E-state index contributed by atoms with van der Waals surface area (Å²) in [7, 11) is 7.01. The molecule has 0 saturated heterocycles. The number of quaternary nitrogens is 1. The number of rotatable bonds is 8. The van der Waals surface area contributed by atoms with E-state index in [9.17, 15) is 4.79 Å². The zero-order chi connectivity index (χ0) is 20.8. The van der Waals surface area contributed by atoms with Crippen LogP contribution < -0.4 is 14.4 Å². The van der Waals surface area contributed by atoms with Gasteiger partial charge in [0.2, 0.25) is 0 Å². The first kappa shape index (κ1) is 22.3. The maximum Gasteiger partial charge on any atom is 0.277 e. The maximum absolute atomic E-state index is 12.7. The van der Waals surface area contributed by atoms with E-state index in [-0.39, 0.29) is 5.91 Å². The molecular formula is C21H27Cl2N2O3+. The van der Waals surface area contributed by atoms with Gasteiger partial charge in [-0.1, -0.05) is 29.3 Å². The normalized spacial score (nSPS) is 11.8. The lowest BCUT2D eigenvalue weighted by molar-refractivity contribution is -0.885. The zero-order valence-electron chi connectivity index (χ0n) is 16.9. The Morgan fingerprint density at radius 1 is 1.07 bits per heavy atom. The quantitative estimate of drug-likeness (QED) is 0.706. The highest BCUT2D eigenvalue weighted by Gasteiger charge is 2.17. The Kier molecular flexibility index (Phi) is 7.98. The second kappa shape index (κ2) is 10.0. The van der Waals surface area contributed by atoms with Crippen molar-refractivity contribution in [1.29, 1.82) is 0 Å². The van der Waals surface area contributed by atoms with Gasteiger partial charge in [-0.05, 0) is 42.3 Å². The minimum atomic E-state index is 0.0618. The van der Waals surface area contributed by atoms with Crippen LogP contribution in [0.15, 0.2) is 30.3 Å². The molecule has 152 valence electrons. The van der Waals surface area contributed by atoms with Gasteiger partial charge in [0.15, 0.2) is 18.0 Å². The van der Waals surface area contributed by atoms with Gasteiger partial charge in [-0.15, -0.1) is 0 Å². The number of nitrogens with zero attached hydrogens (tertiary/aromatic N) is 1. The van der Waals surface area contributed by atoms with Crippen molar-refractivity contribution in [2.45, 2.75) is 20.0 Å². The molecule has 1 atom stereocenters. The molecule has 28 heavy (non-hydrogen) atoms. The third-order valence-electron chi connectivity index (χ3n) is 4.62. The van der Waals surface area contributed by atoms with Crippen LogP contribution in [0.2, 0.25) is 10.0 Å². The van der Waals surface area contributed by atoms with E-state index >= 15 is 0 Å². The van der Waals surface area contributed by atoms with Crippen LogP contribution in [0, 0.1) is 6.92 Å². The molecule has 0 heterocycles.